The van der Waals surface area contributed by atoms with E-state index >= 15 is 0 Å². The van der Waals surface area contributed by atoms with Crippen LogP contribution in [0.2, 0.25) is 0 Å². The SMILES string of the molecule is Cc1cc2ncc3cc(-c4cccc(C#N)c4)c(-c4ccc([C@]5(N)C[C@H](O)C5)cc4)nc3n2n1. The van der Waals surface area contributed by atoms with Crippen molar-refractivity contribution in [1.82, 2.24) is 19.6 Å². The van der Waals surface area contributed by atoms with Gasteiger partial charge >= 0.3 is 0 Å². The molecule has 7 heteroatoms. The molecular formula is C27H22N6O. The monoisotopic (exact) mass is 446 g/mol. The lowest BCUT2D eigenvalue weighted by Crippen LogP contribution is -2.51. The van der Waals surface area contributed by atoms with E-state index in [0.29, 0.717) is 18.4 Å². The summed E-state index contributed by atoms with van der Waals surface area (Å²) >= 11 is 0. The number of hydrogen-bond donors (Lipinski definition) is 2. The van der Waals surface area contributed by atoms with Crippen molar-refractivity contribution >= 4 is 16.7 Å². The summed E-state index contributed by atoms with van der Waals surface area (Å²) in [6.07, 6.45) is 2.61. The predicted octanol–water partition coefficient (Wildman–Crippen LogP) is 4.10. The zero-order valence-corrected chi connectivity index (χ0v) is 18.6. The third-order valence-electron chi connectivity index (χ3n) is 6.62. The topological polar surface area (TPSA) is 113 Å². The Balaban J connectivity index is 1.57. The van der Waals surface area contributed by atoms with Gasteiger partial charge in [0.15, 0.2) is 11.3 Å². The number of aliphatic hydroxyl groups excluding tert-OH is 1. The van der Waals surface area contributed by atoms with Crippen LogP contribution in [-0.4, -0.2) is 30.8 Å². The largest absolute Gasteiger partial charge is 0.393 e. The van der Waals surface area contributed by atoms with Crippen molar-refractivity contribution in [3.8, 4) is 28.5 Å². The molecule has 3 aromatic heterocycles. The van der Waals surface area contributed by atoms with E-state index in [4.69, 9.17) is 10.7 Å². The molecule has 1 aliphatic rings. The van der Waals surface area contributed by atoms with Crippen LogP contribution in [-0.2, 0) is 5.54 Å². The molecule has 0 unspecified atom stereocenters. The van der Waals surface area contributed by atoms with E-state index in [0.717, 1.165) is 50.3 Å². The molecule has 166 valence electrons. The third kappa shape index (κ3) is 3.24. The summed E-state index contributed by atoms with van der Waals surface area (Å²) in [6, 6.07) is 21.8. The highest BCUT2D eigenvalue weighted by molar-refractivity contribution is 5.91. The number of rotatable bonds is 3. The first-order valence-electron chi connectivity index (χ1n) is 11.2. The van der Waals surface area contributed by atoms with Gasteiger partial charge in [0.2, 0.25) is 0 Å². The Kier molecular flexibility index (Phi) is 4.49. The molecule has 0 amide bonds. The van der Waals surface area contributed by atoms with Crippen LogP contribution in [0.15, 0.2) is 66.9 Å². The van der Waals surface area contributed by atoms with Crippen LogP contribution < -0.4 is 5.73 Å². The summed E-state index contributed by atoms with van der Waals surface area (Å²) in [4.78, 5) is 9.60. The molecule has 5 aromatic rings. The number of aliphatic hydroxyl groups is 1. The summed E-state index contributed by atoms with van der Waals surface area (Å²) in [5, 5.41) is 24.6. The van der Waals surface area contributed by atoms with E-state index in [1.54, 1.807) is 10.6 Å². The minimum Gasteiger partial charge on any atom is -0.393 e. The van der Waals surface area contributed by atoms with E-state index in [-0.39, 0.29) is 6.10 Å². The van der Waals surface area contributed by atoms with Gasteiger partial charge in [-0.1, -0.05) is 36.4 Å². The van der Waals surface area contributed by atoms with Crippen molar-refractivity contribution in [2.24, 2.45) is 5.73 Å². The first-order valence-corrected chi connectivity index (χ1v) is 11.2. The van der Waals surface area contributed by atoms with Gasteiger partial charge in [-0.25, -0.2) is 9.97 Å². The Hall–Kier alpha value is -4.12. The number of aromatic nitrogens is 4. The second kappa shape index (κ2) is 7.45. The van der Waals surface area contributed by atoms with Gasteiger partial charge in [0.25, 0.3) is 0 Å². The number of nitrogens with zero attached hydrogens (tertiary/aromatic N) is 5. The van der Waals surface area contributed by atoms with Crippen LogP contribution in [0.4, 0.5) is 0 Å². The minimum absolute atomic E-state index is 0.334. The van der Waals surface area contributed by atoms with Crippen molar-refractivity contribution in [3.63, 3.8) is 0 Å². The lowest BCUT2D eigenvalue weighted by Gasteiger charge is -2.42. The van der Waals surface area contributed by atoms with Crippen molar-refractivity contribution in [3.05, 3.63) is 83.7 Å². The highest BCUT2D eigenvalue weighted by Gasteiger charge is 2.41. The number of aryl methyl sites for hydroxylation is 1. The second-order valence-electron chi connectivity index (χ2n) is 9.10. The van der Waals surface area contributed by atoms with Gasteiger partial charge in [-0.05, 0) is 49.1 Å². The summed E-state index contributed by atoms with van der Waals surface area (Å²) in [5.74, 6) is 0. The van der Waals surface area contributed by atoms with Gasteiger partial charge in [0.05, 0.1) is 29.1 Å². The fourth-order valence-corrected chi connectivity index (χ4v) is 4.83. The summed E-state index contributed by atoms with van der Waals surface area (Å²) in [5.41, 5.74) is 13.4. The Bertz CT molecular complexity index is 1610. The summed E-state index contributed by atoms with van der Waals surface area (Å²) < 4.78 is 1.77. The average molecular weight is 447 g/mol. The molecular weight excluding hydrogens is 424 g/mol. The van der Waals surface area contributed by atoms with E-state index in [2.05, 4.69) is 22.2 Å². The summed E-state index contributed by atoms with van der Waals surface area (Å²) in [7, 11) is 0. The number of fused-ring (bicyclic) bond motifs is 3. The van der Waals surface area contributed by atoms with E-state index < -0.39 is 5.54 Å². The zero-order chi connectivity index (χ0) is 23.4. The molecule has 6 rings (SSSR count). The van der Waals surface area contributed by atoms with Gasteiger partial charge in [-0.3, -0.25) is 0 Å². The predicted molar refractivity (Wildman–Crippen MR) is 130 cm³/mol. The first kappa shape index (κ1) is 20.5. The highest BCUT2D eigenvalue weighted by atomic mass is 16.3. The number of benzene rings is 2. The van der Waals surface area contributed by atoms with E-state index in [1.807, 2.05) is 61.7 Å². The van der Waals surface area contributed by atoms with Crippen LogP contribution in [0.5, 0.6) is 0 Å². The fraction of sp³-hybridized carbons (Fsp3) is 0.185. The molecule has 2 aromatic carbocycles. The maximum Gasteiger partial charge on any atom is 0.165 e. The quantitative estimate of drug-likeness (QED) is 0.431. The Labute approximate surface area is 196 Å². The van der Waals surface area contributed by atoms with Crippen LogP contribution in [0.3, 0.4) is 0 Å². The maximum absolute atomic E-state index is 9.75. The number of nitrogens with two attached hydrogens (primary N) is 1. The van der Waals surface area contributed by atoms with Gasteiger partial charge in [0, 0.05) is 34.3 Å². The first-order chi connectivity index (χ1) is 16.4. The maximum atomic E-state index is 9.75. The molecule has 0 radical (unpaired) electrons. The average Bonchev–Trinajstić information content (AvgIpc) is 3.23. The molecule has 34 heavy (non-hydrogen) atoms. The van der Waals surface area contributed by atoms with Crippen LogP contribution in [0.25, 0.3) is 39.1 Å². The number of nitriles is 1. The smallest absolute Gasteiger partial charge is 0.165 e. The Morgan fingerprint density at radius 2 is 1.88 bits per heavy atom. The molecule has 0 aliphatic heterocycles. The van der Waals surface area contributed by atoms with Crippen LogP contribution in [0.1, 0.15) is 29.7 Å². The van der Waals surface area contributed by atoms with Crippen molar-refractivity contribution in [2.45, 2.75) is 31.4 Å². The molecule has 0 saturated heterocycles. The van der Waals surface area contributed by atoms with Crippen molar-refractivity contribution in [1.29, 1.82) is 5.26 Å². The lowest BCUT2D eigenvalue weighted by atomic mass is 9.70. The number of hydrogen-bond acceptors (Lipinski definition) is 6. The fourth-order valence-electron chi connectivity index (χ4n) is 4.83. The molecule has 1 saturated carbocycles. The highest BCUT2D eigenvalue weighted by Crippen LogP contribution is 2.40. The van der Waals surface area contributed by atoms with Crippen LogP contribution >= 0.6 is 0 Å². The van der Waals surface area contributed by atoms with Crippen LogP contribution in [0, 0.1) is 18.3 Å². The van der Waals surface area contributed by atoms with Gasteiger partial charge in [0.1, 0.15) is 0 Å². The van der Waals surface area contributed by atoms with Gasteiger partial charge < -0.3 is 10.8 Å². The van der Waals surface area contributed by atoms with Crippen molar-refractivity contribution < 1.29 is 5.11 Å². The zero-order valence-electron chi connectivity index (χ0n) is 18.6. The molecule has 0 spiro atoms. The van der Waals surface area contributed by atoms with Gasteiger partial charge in [-0.2, -0.15) is 14.9 Å². The van der Waals surface area contributed by atoms with Gasteiger partial charge in [-0.15, -0.1) is 0 Å². The third-order valence-corrected chi connectivity index (χ3v) is 6.62. The lowest BCUT2D eigenvalue weighted by molar-refractivity contribution is 0.0209. The minimum atomic E-state index is -0.483. The molecule has 7 nitrogen and oxygen atoms in total. The molecule has 3 N–H and O–H groups in total. The Morgan fingerprint density at radius 1 is 1.09 bits per heavy atom. The molecule has 0 bridgehead atoms. The standard InChI is InChI=1S/C27H22N6O/c1-16-9-24-30-15-20-11-23(19-4-2-3-17(10-19)14-28)25(31-26(20)33(24)32-16)18-5-7-21(8-6-18)27(29)12-22(34)13-27/h2-11,15,22,34H,12-13,29H2,1H3/t22-,27-. The second-order valence-corrected chi connectivity index (χ2v) is 9.10. The molecule has 1 aliphatic carbocycles. The van der Waals surface area contributed by atoms with Crippen molar-refractivity contribution in [2.75, 3.05) is 0 Å². The Morgan fingerprint density at radius 3 is 2.62 bits per heavy atom. The molecule has 3 heterocycles. The van der Waals surface area contributed by atoms with E-state index in [9.17, 15) is 10.4 Å². The molecule has 0 atom stereocenters. The number of pyridine rings is 1. The normalized spacial score (nSPS) is 19.8. The molecule has 1 fully saturated rings. The summed E-state index contributed by atoms with van der Waals surface area (Å²) in [6.45, 7) is 1.93. The van der Waals surface area contributed by atoms with E-state index in [1.165, 1.54) is 0 Å².